The van der Waals surface area contributed by atoms with Crippen LogP contribution < -0.4 is 10.6 Å². The molecule has 25 heavy (non-hydrogen) atoms. The van der Waals surface area contributed by atoms with Crippen molar-refractivity contribution in [1.29, 1.82) is 0 Å². The van der Waals surface area contributed by atoms with Crippen molar-refractivity contribution in [2.45, 2.75) is 32.4 Å². The summed E-state index contributed by atoms with van der Waals surface area (Å²) in [4.78, 5) is 22.8. The highest BCUT2D eigenvalue weighted by atomic mass is 16.2. The molecule has 0 spiro atoms. The van der Waals surface area contributed by atoms with E-state index in [1.165, 1.54) is 11.1 Å². The molecule has 2 heterocycles. The lowest BCUT2D eigenvalue weighted by Crippen LogP contribution is -2.47. The number of nitrogens with one attached hydrogen (secondary N) is 2. The van der Waals surface area contributed by atoms with Gasteiger partial charge in [-0.2, -0.15) is 0 Å². The summed E-state index contributed by atoms with van der Waals surface area (Å²) in [5.74, 6) is 0.713. The van der Waals surface area contributed by atoms with Gasteiger partial charge in [0.15, 0.2) is 0 Å². The van der Waals surface area contributed by atoms with E-state index >= 15 is 0 Å². The van der Waals surface area contributed by atoms with Crippen molar-refractivity contribution in [2.24, 2.45) is 0 Å². The van der Waals surface area contributed by atoms with E-state index in [0.29, 0.717) is 12.5 Å². The highest BCUT2D eigenvalue weighted by molar-refractivity contribution is 5.81. The number of benzene rings is 1. The van der Waals surface area contributed by atoms with E-state index in [1.807, 2.05) is 6.92 Å². The van der Waals surface area contributed by atoms with Crippen molar-refractivity contribution >= 4 is 11.9 Å². The van der Waals surface area contributed by atoms with Gasteiger partial charge in [0.05, 0.1) is 6.04 Å². The summed E-state index contributed by atoms with van der Waals surface area (Å²) in [5, 5.41) is 6.17. The van der Waals surface area contributed by atoms with E-state index in [-0.39, 0.29) is 11.9 Å². The first-order valence-corrected chi connectivity index (χ1v) is 8.83. The van der Waals surface area contributed by atoms with E-state index in [1.54, 1.807) is 18.5 Å². The van der Waals surface area contributed by atoms with Crippen LogP contribution in [0.4, 0.5) is 5.95 Å². The van der Waals surface area contributed by atoms with E-state index in [2.05, 4.69) is 49.8 Å². The molecule has 0 radical (unpaired) electrons. The van der Waals surface area contributed by atoms with Crippen molar-refractivity contribution < 1.29 is 4.79 Å². The van der Waals surface area contributed by atoms with Crippen LogP contribution in [-0.4, -0.2) is 46.5 Å². The van der Waals surface area contributed by atoms with Crippen LogP contribution in [0.3, 0.4) is 0 Å². The van der Waals surface area contributed by atoms with Crippen molar-refractivity contribution in [3.05, 3.63) is 53.9 Å². The Balaban J connectivity index is 1.38. The zero-order chi connectivity index (χ0) is 17.5. The summed E-state index contributed by atoms with van der Waals surface area (Å²) < 4.78 is 0. The molecular weight excluding hydrogens is 314 g/mol. The molecule has 2 N–H and O–H groups in total. The number of aromatic nitrogens is 2. The third-order valence-electron chi connectivity index (χ3n) is 4.59. The molecular formula is C19H25N5O. The Labute approximate surface area is 148 Å². The summed E-state index contributed by atoms with van der Waals surface area (Å²) in [7, 11) is 0. The maximum atomic E-state index is 12.4. The fourth-order valence-corrected chi connectivity index (χ4v) is 3.05. The molecule has 132 valence electrons. The Morgan fingerprint density at radius 3 is 2.72 bits per heavy atom. The standard InChI is InChI=1S/C19H25N5O/c1-15(24-13-8-16-6-2-3-7-17(16)14-24)18(25)20-9-4-10-21-19-22-11-5-12-23-19/h2-3,5-7,11-12,15H,4,8-10,13-14H2,1H3,(H,20,25)(H,21,22,23)/t15-/m0/s1. The van der Waals surface area contributed by atoms with Crippen LogP contribution in [0.15, 0.2) is 42.7 Å². The lowest BCUT2D eigenvalue weighted by molar-refractivity contribution is -0.126. The molecule has 1 amide bonds. The van der Waals surface area contributed by atoms with Gasteiger partial charge < -0.3 is 10.6 Å². The monoisotopic (exact) mass is 339 g/mol. The number of carbonyl (C=O) groups is 1. The molecule has 0 aliphatic carbocycles. The molecule has 2 aromatic rings. The lowest BCUT2D eigenvalue weighted by Gasteiger charge is -2.32. The van der Waals surface area contributed by atoms with Gasteiger partial charge in [0.1, 0.15) is 0 Å². The first-order valence-electron chi connectivity index (χ1n) is 8.83. The van der Waals surface area contributed by atoms with Gasteiger partial charge in [-0.25, -0.2) is 9.97 Å². The highest BCUT2D eigenvalue weighted by Gasteiger charge is 2.24. The fourth-order valence-electron chi connectivity index (χ4n) is 3.05. The molecule has 1 aliphatic rings. The van der Waals surface area contributed by atoms with Gasteiger partial charge in [0.25, 0.3) is 0 Å². The van der Waals surface area contributed by atoms with Gasteiger partial charge >= 0.3 is 0 Å². The van der Waals surface area contributed by atoms with Crippen LogP contribution >= 0.6 is 0 Å². The Bertz CT molecular complexity index is 691. The minimum atomic E-state index is -0.112. The molecule has 1 atom stereocenters. The quantitative estimate of drug-likeness (QED) is 0.753. The first kappa shape index (κ1) is 17.4. The van der Waals surface area contributed by atoms with Crippen LogP contribution in [-0.2, 0) is 17.8 Å². The maximum Gasteiger partial charge on any atom is 0.237 e. The molecule has 3 rings (SSSR count). The Kier molecular flexibility index (Phi) is 5.95. The third-order valence-corrected chi connectivity index (χ3v) is 4.59. The number of amides is 1. The van der Waals surface area contributed by atoms with Crippen LogP contribution in [0.5, 0.6) is 0 Å². The summed E-state index contributed by atoms with van der Waals surface area (Å²) in [6, 6.07) is 10.2. The van der Waals surface area contributed by atoms with Gasteiger partial charge in [-0.1, -0.05) is 24.3 Å². The van der Waals surface area contributed by atoms with E-state index < -0.39 is 0 Å². The summed E-state index contributed by atoms with van der Waals surface area (Å²) in [5.41, 5.74) is 2.74. The number of hydrogen-bond acceptors (Lipinski definition) is 5. The Hall–Kier alpha value is -2.47. The van der Waals surface area contributed by atoms with Crippen molar-refractivity contribution in [3.8, 4) is 0 Å². The Morgan fingerprint density at radius 2 is 1.92 bits per heavy atom. The number of anilines is 1. The fraction of sp³-hybridized carbons (Fsp3) is 0.421. The second-order valence-electron chi connectivity index (χ2n) is 6.31. The largest absolute Gasteiger partial charge is 0.355 e. The average molecular weight is 339 g/mol. The van der Waals surface area contributed by atoms with Crippen LogP contribution in [0.2, 0.25) is 0 Å². The minimum absolute atomic E-state index is 0.0929. The topological polar surface area (TPSA) is 70.1 Å². The molecule has 0 bridgehead atoms. The number of nitrogens with zero attached hydrogens (tertiary/aromatic N) is 3. The molecule has 1 aromatic carbocycles. The predicted molar refractivity (Wildman–Crippen MR) is 98.2 cm³/mol. The molecule has 1 aliphatic heterocycles. The smallest absolute Gasteiger partial charge is 0.237 e. The number of carbonyl (C=O) groups excluding carboxylic acids is 1. The van der Waals surface area contributed by atoms with Gasteiger partial charge in [0.2, 0.25) is 11.9 Å². The molecule has 1 aromatic heterocycles. The normalized spacial score (nSPS) is 15.2. The Morgan fingerprint density at radius 1 is 1.16 bits per heavy atom. The second kappa shape index (κ2) is 8.58. The highest BCUT2D eigenvalue weighted by Crippen LogP contribution is 2.20. The van der Waals surface area contributed by atoms with E-state index in [0.717, 1.165) is 32.5 Å². The summed E-state index contributed by atoms with van der Waals surface area (Å²) in [6.07, 6.45) is 5.25. The molecule has 6 heteroatoms. The molecule has 0 saturated carbocycles. The summed E-state index contributed by atoms with van der Waals surface area (Å²) in [6.45, 7) is 5.14. The van der Waals surface area contributed by atoms with Gasteiger partial charge in [-0.3, -0.25) is 9.69 Å². The zero-order valence-corrected chi connectivity index (χ0v) is 14.6. The van der Waals surface area contributed by atoms with Crippen molar-refractivity contribution in [2.75, 3.05) is 25.0 Å². The average Bonchev–Trinajstić information content (AvgIpc) is 2.67. The lowest BCUT2D eigenvalue weighted by atomic mass is 9.99. The minimum Gasteiger partial charge on any atom is -0.355 e. The molecule has 0 unspecified atom stereocenters. The van der Waals surface area contributed by atoms with E-state index in [4.69, 9.17) is 0 Å². The molecule has 6 nitrogen and oxygen atoms in total. The van der Waals surface area contributed by atoms with Gasteiger partial charge in [-0.15, -0.1) is 0 Å². The second-order valence-corrected chi connectivity index (χ2v) is 6.31. The predicted octanol–water partition coefficient (Wildman–Crippen LogP) is 1.84. The number of fused-ring (bicyclic) bond motifs is 1. The first-order chi connectivity index (χ1) is 12.2. The zero-order valence-electron chi connectivity index (χ0n) is 14.6. The number of hydrogen-bond donors (Lipinski definition) is 2. The van der Waals surface area contributed by atoms with Crippen LogP contribution in [0.1, 0.15) is 24.5 Å². The summed E-state index contributed by atoms with van der Waals surface area (Å²) >= 11 is 0. The van der Waals surface area contributed by atoms with E-state index in [9.17, 15) is 4.79 Å². The van der Waals surface area contributed by atoms with Crippen molar-refractivity contribution in [1.82, 2.24) is 20.2 Å². The molecule has 0 fully saturated rings. The van der Waals surface area contributed by atoms with Gasteiger partial charge in [-0.05, 0) is 37.0 Å². The SMILES string of the molecule is C[C@@H](C(=O)NCCCNc1ncccn1)N1CCc2ccccc2C1. The van der Waals surface area contributed by atoms with Crippen LogP contribution in [0.25, 0.3) is 0 Å². The van der Waals surface area contributed by atoms with Gasteiger partial charge in [0, 0.05) is 38.6 Å². The third kappa shape index (κ3) is 4.76. The molecule has 0 saturated heterocycles. The van der Waals surface area contributed by atoms with Crippen molar-refractivity contribution in [3.63, 3.8) is 0 Å². The number of rotatable bonds is 7. The van der Waals surface area contributed by atoms with Crippen LogP contribution in [0, 0.1) is 0 Å². The maximum absolute atomic E-state index is 12.4.